The molecule has 4 rings (SSSR count). The molecule has 3 aromatic rings. The van der Waals surface area contributed by atoms with Crippen molar-refractivity contribution in [2.24, 2.45) is 0 Å². The number of carbonyl (C=O) groups excluding carboxylic acids is 2. The Hall–Kier alpha value is -3.80. The van der Waals surface area contributed by atoms with Gasteiger partial charge in [0.2, 0.25) is 5.91 Å². The molecule has 0 fully saturated rings. The molecule has 0 bridgehead atoms. The molecule has 2 aromatic carbocycles. The lowest BCUT2D eigenvalue weighted by molar-refractivity contribution is -0.111. The third kappa shape index (κ3) is 3.40. The highest BCUT2D eigenvalue weighted by atomic mass is 16.5. The molecule has 0 atom stereocenters. The summed E-state index contributed by atoms with van der Waals surface area (Å²) in [7, 11) is 1.70. The van der Waals surface area contributed by atoms with E-state index in [4.69, 9.17) is 9.15 Å². The van der Waals surface area contributed by atoms with Gasteiger partial charge < -0.3 is 19.4 Å². The zero-order valence-electron chi connectivity index (χ0n) is 15.4. The largest absolute Gasteiger partial charge is 0.465 e. The lowest BCUT2D eigenvalue weighted by Crippen LogP contribution is -2.25. The van der Waals surface area contributed by atoms with Gasteiger partial charge >= 0.3 is 0 Å². The summed E-state index contributed by atoms with van der Waals surface area (Å²) in [6, 6.07) is 14.2. The molecule has 0 aliphatic carbocycles. The van der Waals surface area contributed by atoms with E-state index in [2.05, 4.69) is 5.32 Å². The second-order valence-corrected chi connectivity index (χ2v) is 6.49. The molecule has 1 N–H and O–H groups in total. The number of amides is 2. The summed E-state index contributed by atoms with van der Waals surface area (Å²) in [6.07, 6.45) is 4.47. The van der Waals surface area contributed by atoms with Gasteiger partial charge in [0, 0.05) is 18.8 Å². The van der Waals surface area contributed by atoms with Crippen molar-refractivity contribution in [3.63, 3.8) is 0 Å². The van der Waals surface area contributed by atoms with Crippen LogP contribution in [0.3, 0.4) is 0 Å². The first-order valence-corrected chi connectivity index (χ1v) is 8.74. The first kappa shape index (κ1) is 17.6. The zero-order valence-corrected chi connectivity index (χ0v) is 15.4. The second-order valence-electron chi connectivity index (χ2n) is 6.49. The van der Waals surface area contributed by atoms with Crippen LogP contribution in [-0.2, 0) is 4.79 Å². The number of carbonyl (C=O) groups is 2. The lowest BCUT2D eigenvalue weighted by Gasteiger charge is -2.16. The van der Waals surface area contributed by atoms with Crippen LogP contribution in [0.5, 0.6) is 11.5 Å². The highest BCUT2D eigenvalue weighted by Gasteiger charge is 2.26. The average molecular weight is 374 g/mol. The fourth-order valence-corrected chi connectivity index (χ4v) is 2.98. The van der Waals surface area contributed by atoms with Gasteiger partial charge in [0.25, 0.3) is 5.91 Å². The van der Waals surface area contributed by atoms with Crippen molar-refractivity contribution in [1.82, 2.24) is 0 Å². The van der Waals surface area contributed by atoms with Gasteiger partial charge in [-0.2, -0.15) is 0 Å². The predicted molar refractivity (Wildman–Crippen MR) is 107 cm³/mol. The average Bonchev–Trinajstić information content (AvgIpc) is 3.18. The Labute approximate surface area is 162 Å². The molecule has 1 aromatic heterocycles. The Bertz CT molecular complexity index is 1080. The smallest absolute Gasteiger partial charge is 0.261 e. The molecule has 28 heavy (non-hydrogen) atoms. The van der Waals surface area contributed by atoms with Crippen molar-refractivity contribution >= 4 is 29.3 Å². The van der Waals surface area contributed by atoms with Gasteiger partial charge in [-0.1, -0.05) is 6.07 Å². The molecule has 6 nitrogen and oxygen atoms in total. The number of anilines is 2. The first-order chi connectivity index (χ1) is 13.5. The van der Waals surface area contributed by atoms with Gasteiger partial charge in [0.1, 0.15) is 11.5 Å². The summed E-state index contributed by atoms with van der Waals surface area (Å²) in [4.78, 5) is 26.6. The third-order valence-electron chi connectivity index (χ3n) is 4.42. The van der Waals surface area contributed by atoms with Crippen molar-refractivity contribution in [1.29, 1.82) is 0 Å². The number of nitrogens with one attached hydrogen (secondary N) is 1. The summed E-state index contributed by atoms with van der Waals surface area (Å²) in [6.45, 7) is 1.96. The summed E-state index contributed by atoms with van der Waals surface area (Å²) in [5, 5.41) is 2.75. The minimum atomic E-state index is -0.328. The number of nitrogens with zero attached hydrogens (tertiary/aromatic N) is 1. The number of aryl methyl sites for hydroxylation is 1. The van der Waals surface area contributed by atoms with Crippen LogP contribution in [0.2, 0.25) is 0 Å². The van der Waals surface area contributed by atoms with Crippen LogP contribution in [-0.4, -0.2) is 18.9 Å². The molecular weight excluding hydrogens is 356 g/mol. The van der Waals surface area contributed by atoms with E-state index in [0.29, 0.717) is 34.2 Å². The van der Waals surface area contributed by atoms with Crippen LogP contribution in [0.15, 0.2) is 65.3 Å². The van der Waals surface area contributed by atoms with E-state index in [1.54, 1.807) is 48.4 Å². The molecule has 6 heteroatoms. The SMILES string of the molecule is Cc1ccc2c(c1)N(C)C(=O)c1cc(NC(=O)/C=C/c3ccco3)ccc1O2. The summed E-state index contributed by atoms with van der Waals surface area (Å²) in [5.74, 6) is 1.10. The van der Waals surface area contributed by atoms with Crippen LogP contribution < -0.4 is 15.0 Å². The van der Waals surface area contributed by atoms with E-state index in [0.717, 1.165) is 5.56 Å². The number of rotatable bonds is 3. The molecule has 0 saturated heterocycles. The van der Waals surface area contributed by atoms with Crippen molar-refractivity contribution in [3.05, 3.63) is 77.8 Å². The van der Waals surface area contributed by atoms with Gasteiger partial charge in [-0.15, -0.1) is 0 Å². The van der Waals surface area contributed by atoms with Crippen molar-refractivity contribution < 1.29 is 18.7 Å². The Morgan fingerprint density at radius 2 is 1.93 bits per heavy atom. The van der Waals surface area contributed by atoms with Gasteiger partial charge in [0.05, 0.1) is 17.5 Å². The number of fused-ring (bicyclic) bond motifs is 2. The maximum Gasteiger partial charge on any atom is 0.261 e. The Kier molecular flexibility index (Phi) is 4.45. The van der Waals surface area contributed by atoms with Gasteiger partial charge in [-0.25, -0.2) is 0 Å². The number of ether oxygens (including phenoxy) is 1. The first-order valence-electron chi connectivity index (χ1n) is 8.74. The molecule has 1 aliphatic rings. The molecule has 1 aliphatic heterocycles. The number of furan rings is 1. The highest BCUT2D eigenvalue weighted by molar-refractivity contribution is 6.10. The molecule has 2 amide bonds. The number of hydrogen-bond donors (Lipinski definition) is 1. The van der Waals surface area contributed by atoms with Crippen molar-refractivity contribution in [2.75, 3.05) is 17.3 Å². The van der Waals surface area contributed by atoms with Gasteiger partial charge in [-0.05, 0) is 61.0 Å². The topological polar surface area (TPSA) is 71.8 Å². The summed E-state index contributed by atoms with van der Waals surface area (Å²) >= 11 is 0. The minimum Gasteiger partial charge on any atom is -0.465 e. The number of hydrogen-bond acceptors (Lipinski definition) is 4. The maximum absolute atomic E-state index is 12.9. The summed E-state index contributed by atoms with van der Waals surface area (Å²) < 4.78 is 11.1. The third-order valence-corrected chi connectivity index (χ3v) is 4.42. The quantitative estimate of drug-likeness (QED) is 0.679. The standard InChI is InChI=1S/C22H18N2O4/c1-14-5-8-20-18(12-14)24(2)22(26)17-13-15(6-9-19(17)28-20)23-21(25)10-7-16-4-3-11-27-16/h3-13H,1-2H3,(H,23,25)/b10-7+. The van der Waals surface area contributed by atoms with E-state index in [1.165, 1.54) is 12.3 Å². The van der Waals surface area contributed by atoms with E-state index < -0.39 is 0 Å². The fraction of sp³-hybridized carbons (Fsp3) is 0.0909. The monoisotopic (exact) mass is 374 g/mol. The van der Waals surface area contributed by atoms with E-state index >= 15 is 0 Å². The molecule has 140 valence electrons. The van der Waals surface area contributed by atoms with Crippen LogP contribution in [0.4, 0.5) is 11.4 Å². The van der Waals surface area contributed by atoms with Crippen molar-refractivity contribution in [3.8, 4) is 11.5 Å². The van der Waals surface area contributed by atoms with Crippen LogP contribution in [0, 0.1) is 6.92 Å². The maximum atomic E-state index is 12.9. The molecule has 0 spiro atoms. The van der Waals surface area contributed by atoms with Crippen molar-refractivity contribution in [2.45, 2.75) is 6.92 Å². The van der Waals surface area contributed by atoms with Gasteiger partial charge in [-0.3, -0.25) is 9.59 Å². The molecule has 0 saturated carbocycles. The predicted octanol–water partition coefficient (Wildman–Crippen LogP) is 4.62. The Morgan fingerprint density at radius 1 is 1.11 bits per heavy atom. The van der Waals surface area contributed by atoms with Gasteiger partial charge in [0.15, 0.2) is 5.75 Å². The van der Waals surface area contributed by atoms with Crippen LogP contribution in [0.1, 0.15) is 21.7 Å². The molecule has 0 unspecified atom stereocenters. The molecule has 0 radical (unpaired) electrons. The van der Waals surface area contributed by atoms with E-state index in [1.807, 2.05) is 25.1 Å². The highest BCUT2D eigenvalue weighted by Crippen LogP contribution is 2.39. The minimum absolute atomic E-state index is 0.207. The Balaban J connectivity index is 1.59. The summed E-state index contributed by atoms with van der Waals surface area (Å²) in [5.41, 5.74) is 2.61. The second kappa shape index (κ2) is 7.08. The Morgan fingerprint density at radius 3 is 2.71 bits per heavy atom. The number of benzene rings is 2. The lowest BCUT2D eigenvalue weighted by atomic mass is 10.1. The fourth-order valence-electron chi connectivity index (χ4n) is 2.98. The van der Waals surface area contributed by atoms with Crippen LogP contribution >= 0.6 is 0 Å². The van der Waals surface area contributed by atoms with E-state index in [9.17, 15) is 9.59 Å². The van der Waals surface area contributed by atoms with E-state index in [-0.39, 0.29) is 11.8 Å². The normalized spacial score (nSPS) is 12.9. The molecule has 2 heterocycles. The van der Waals surface area contributed by atoms with Crippen LogP contribution in [0.25, 0.3) is 6.08 Å². The zero-order chi connectivity index (χ0) is 19.7. The molecular formula is C22H18N2O4.